The number of halogens is 1. The minimum Gasteiger partial charge on any atom is -0.334 e. The normalized spacial score (nSPS) is 10.2. The van der Waals surface area contributed by atoms with Crippen LogP contribution in [0.4, 0.5) is 0 Å². The first-order valence-electron chi connectivity index (χ1n) is 3.73. The molecule has 0 unspecified atom stereocenters. The number of aryl methyl sites for hydroxylation is 1. The largest absolute Gasteiger partial charge is 0.334 e. The summed E-state index contributed by atoms with van der Waals surface area (Å²) in [5.74, 6) is 0. The summed E-state index contributed by atoms with van der Waals surface area (Å²) >= 11 is 2.24. The van der Waals surface area contributed by atoms with E-state index in [0.717, 1.165) is 14.6 Å². The van der Waals surface area contributed by atoms with Gasteiger partial charge in [0, 0.05) is 28.4 Å². The molecule has 0 spiro atoms. The lowest BCUT2D eigenvalue weighted by Crippen LogP contribution is -1.87. The van der Waals surface area contributed by atoms with Crippen molar-refractivity contribution in [3.63, 3.8) is 0 Å². The van der Waals surface area contributed by atoms with Crippen molar-refractivity contribution in [3.05, 3.63) is 27.6 Å². The highest BCUT2D eigenvalue weighted by molar-refractivity contribution is 14.1. The van der Waals surface area contributed by atoms with Gasteiger partial charge in [-0.05, 0) is 28.7 Å². The summed E-state index contributed by atoms with van der Waals surface area (Å²) in [7, 11) is 1.95. The molecule has 0 bridgehead atoms. The van der Waals surface area contributed by atoms with E-state index in [2.05, 4.69) is 33.6 Å². The molecule has 2 rings (SSSR count). The standard InChI is InChI=1S/C9H6IN3/c1-13-5-8(10)7-2-6(3-11)4-12-9(7)13/h2,4-5H,1H3. The van der Waals surface area contributed by atoms with Gasteiger partial charge in [0.15, 0.2) is 0 Å². The van der Waals surface area contributed by atoms with Crippen molar-refractivity contribution in [3.8, 4) is 6.07 Å². The summed E-state index contributed by atoms with van der Waals surface area (Å²) in [6.45, 7) is 0. The Hall–Kier alpha value is -1.09. The van der Waals surface area contributed by atoms with E-state index in [0.29, 0.717) is 5.56 Å². The predicted octanol–water partition coefficient (Wildman–Crippen LogP) is 2.05. The smallest absolute Gasteiger partial charge is 0.140 e. The van der Waals surface area contributed by atoms with E-state index in [-0.39, 0.29) is 0 Å². The van der Waals surface area contributed by atoms with Crippen LogP contribution >= 0.6 is 22.6 Å². The van der Waals surface area contributed by atoms with Crippen LogP contribution < -0.4 is 0 Å². The number of hydrogen-bond acceptors (Lipinski definition) is 2. The van der Waals surface area contributed by atoms with Crippen LogP contribution in [0.1, 0.15) is 5.56 Å². The minimum atomic E-state index is 0.608. The van der Waals surface area contributed by atoms with Crippen molar-refractivity contribution in [2.75, 3.05) is 0 Å². The zero-order valence-electron chi connectivity index (χ0n) is 6.95. The molecule has 0 saturated carbocycles. The fourth-order valence-electron chi connectivity index (χ4n) is 1.28. The van der Waals surface area contributed by atoms with Crippen molar-refractivity contribution in [2.45, 2.75) is 0 Å². The first-order chi connectivity index (χ1) is 6.22. The fourth-order valence-corrected chi connectivity index (χ4v) is 2.09. The Morgan fingerprint density at radius 2 is 2.38 bits per heavy atom. The summed E-state index contributed by atoms with van der Waals surface area (Å²) in [5.41, 5.74) is 1.53. The van der Waals surface area contributed by atoms with E-state index >= 15 is 0 Å². The Balaban J connectivity index is 2.86. The van der Waals surface area contributed by atoms with Crippen molar-refractivity contribution >= 4 is 33.6 Å². The maximum Gasteiger partial charge on any atom is 0.140 e. The number of pyridine rings is 1. The lowest BCUT2D eigenvalue weighted by atomic mass is 10.2. The molecule has 0 amide bonds. The minimum absolute atomic E-state index is 0.608. The third-order valence-electron chi connectivity index (χ3n) is 1.89. The molecule has 4 heteroatoms. The van der Waals surface area contributed by atoms with Gasteiger partial charge < -0.3 is 4.57 Å². The Kier molecular flexibility index (Phi) is 1.96. The number of nitriles is 1. The Bertz CT molecular complexity index is 507. The molecule has 2 heterocycles. The van der Waals surface area contributed by atoms with Crippen LogP contribution in [0.25, 0.3) is 11.0 Å². The average molecular weight is 283 g/mol. The highest BCUT2D eigenvalue weighted by Gasteiger charge is 2.05. The summed E-state index contributed by atoms with van der Waals surface area (Å²) in [6, 6.07) is 3.95. The van der Waals surface area contributed by atoms with E-state index in [1.165, 1.54) is 0 Å². The predicted molar refractivity (Wildman–Crippen MR) is 58.1 cm³/mol. The molecule has 0 aliphatic heterocycles. The number of fused-ring (bicyclic) bond motifs is 1. The van der Waals surface area contributed by atoms with Gasteiger partial charge in [-0.25, -0.2) is 4.98 Å². The molecule has 0 radical (unpaired) electrons. The molecule has 0 fully saturated rings. The van der Waals surface area contributed by atoms with Gasteiger partial charge in [0.25, 0.3) is 0 Å². The van der Waals surface area contributed by atoms with Crippen LogP contribution in [0, 0.1) is 14.9 Å². The van der Waals surface area contributed by atoms with Crippen molar-refractivity contribution in [1.82, 2.24) is 9.55 Å². The second-order valence-electron chi connectivity index (χ2n) is 2.79. The van der Waals surface area contributed by atoms with Crippen molar-refractivity contribution < 1.29 is 0 Å². The third kappa shape index (κ3) is 1.29. The van der Waals surface area contributed by atoms with Crippen LogP contribution in [0.3, 0.4) is 0 Å². The van der Waals surface area contributed by atoms with Gasteiger partial charge in [0.05, 0.1) is 5.56 Å². The molecule has 0 saturated heterocycles. The number of hydrogen-bond donors (Lipinski definition) is 0. The lowest BCUT2D eigenvalue weighted by Gasteiger charge is -1.93. The molecule has 0 aliphatic carbocycles. The maximum absolute atomic E-state index is 8.70. The molecule has 64 valence electrons. The van der Waals surface area contributed by atoms with Crippen LogP contribution in [0.15, 0.2) is 18.5 Å². The molecule has 13 heavy (non-hydrogen) atoms. The first-order valence-corrected chi connectivity index (χ1v) is 4.81. The number of nitrogens with zero attached hydrogens (tertiary/aromatic N) is 3. The van der Waals surface area contributed by atoms with E-state index in [1.807, 2.05) is 23.9 Å². The van der Waals surface area contributed by atoms with E-state index in [9.17, 15) is 0 Å². The SMILES string of the molecule is Cn1cc(I)c2cc(C#N)cnc21. The Morgan fingerprint density at radius 3 is 3.08 bits per heavy atom. The second-order valence-corrected chi connectivity index (χ2v) is 3.96. The number of aromatic nitrogens is 2. The highest BCUT2D eigenvalue weighted by Crippen LogP contribution is 2.20. The Morgan fingerprint density at radius 1 is 1.62 bits per heavy atom. The summed E-state index contributed by atoms with van der Waals surface area (Å²) in [5, 5.41) is 9.74. The highest BCUT2D eigenvalue weighted by atomic mass is 127. The fraction of sp³-hybridized carbons (Fsp3) is 0.111. The molecule has 0 aromatic carbocycles. The summed E-state index contributed by atoms with van der Waals surface area (Å²) < 4.78 is 3.08. The van der Waals surface area contributed by atoms with E-state index in [1.54, 1.807) is 6.20 Å². The van der Waals surface area contributed by atoms with Crippen LogP contribution in [-0.4, -0.2) is 9.55 Å². The molecule has 3 nitrogen and oxygen atoms in total. The number of rotatable bonds is 0. The molecule has 0 N–H and O–H groups in total. The van der Waals surface area contributed by atoms with Gasteiger partial charge in [0.1, 0.15) is 11.7 Å². The monoisotopic (exact) mass is 283 g/mol. The third-order valence-corrected chi connectivity index (χ3v) is 2.75. The Labute approximate surface area is 89.1 Å². The zero-order chi connectivity index (χ0) is 9.42. The molecule has 2 aromatic heterocycles. The summed E-state index contributed by atoms with van der Waals surface area (Å²) in [4.78, 5) is 4.21. The van der Waals surface area contributed by atoms with Gasteiger partial charge in [-0.1, -0.05) is 0 Å². The van der Waals surface area contributed by atoms with Gasteiger partial charge in [-0.2, -0.15) is 5.26 Å². The molecule has 0 aliphatic rings. The van der Waals surface area contributed by atoms with Crippen LogP contribution in [-0.2, 0) is 7.05 Å². The summed E-state index contributed by atoms with van der Waals surface area (Å²) in [6.07, 6.45) is 3.60. The van der Waals surface area contributed by atoms with Crippen LogP contribution in [0.5, 0.6) is 0 Å². The maximum atomic E-state index is 8.70. The first kappa shape index (κ1) is 8.51. The van der Waals surface area contributed by atoms with Crippen LogP contribution in [0.2, 0.25) is 0 Å². The quantitative estimate of drug-likeness (QED) is 0.694. The molecular weight excluding hydrogens is 277 g/mol. The van der Waals surface area contributed by atoms with Crippen molar-refractivity contribution in [2.24, 2.45) is 7.05 Å². The zero-order valence-corrected chi connectivity index (χ0v) is 9.11. The van der Waals surface area contributed by atoms with Crippen molar-refractivity contribution in [1.29, 1.82) is 5.26 Å². The molecule has 0 atom stereocenters. The second kappa shape index (κ2) is 3.00. The van der Waals surface area contributed by atoms with Gasteiger partial charge in [-0.15, -0.1) is 0 Å². The molecular formula is C9H6IN3. The van der Waals surface area contributed by atoms with Gasteiger partial charge >= 0.3 is 0 Å². The van der Waals surface area contributed by atoms with E-state index < -0.39 is 0 Å². The average Bonchev–Trinajstić information content (AvgIpc) is 2.42. The molecule has 2 aromatic rings. The van der Waals surface area contributed by atoms with Gasteiger partial charge in [0.2, 0.25) is 0 Å². The topological polar surface area (TPSA) is 41.6 Å². The lowest BCUT2D eigenvalue weighted by molar-refractivity contribution is 0.946. The van der Waals surface area contributed by atoms with Gasteiger partial charge in [-0.3, -0.25) is 0 Å². The van der Waals surface area contributed by atoms with E-state index in [4.69, 9.17) is 5.26 Å².